The van der Waals surface area contributed by atoms with Crippen molar-refractivity contribution < 1.29 is 4.79 Å². The molecule has 3 heteroatoms. The summed E-state index contributed by atoms with van der Waals surface area (Å²) in [6.07, 6.45) is 1.76. The third-order valence-electron chi connectivity index (χ3n) is 1.78. The Labute approximate surface area is 90.4 Å². The van der Waals surface area contributed by atoms with Crippen LogP contribution in [0.5, 0.6) is 0 Å². The molecule has 80 valence electrons. The van der Waals surface area contributed by atoms with E-state index in [1.807, 2.05) is 44.2 Å². The highest BCUT2D eigenvalue weighted by molar-refractivity contribution is 5.91. The van der Waals surface area contributed by atoms with Gasteiger partial charge in [-0.3, -0.25) is 4.79 Å². The van der Waals surface area contributed by atoms with Crippen molar-refractivity contribution in [3.8, 4) is 0 Å². The first-order valence-electron chi connectivity index (χ1n) is 5.01. The number of carbonyl (C=O) groups is 1. The van der Waals surface area contributed by atoms with E-state index in [4.69, 9.17) is 0 Å². The maximum atomic E-state index is 11.4. The fourth-order valence-corrected chi connectivity index (χ4v) is 1.10. The van der Waals surface area contributed by atoms with E-state index in [1.165, 1.54) is 11.9 Å². The van der Waals surface area contributed by atoms with Crippen LogP contribution in [0.15, 0.2) is 35.4 Å². The van der Waals surface area contributed by atoms with E-state index in [9.17, 15) is 4.79 Å². The smallest absolute Gasteiger partial charge is 0.244 e. The predicted molar refractivity (Wildman–Crippen MR) is 62.9 cm³/mol. The molecule has 0 saturated carbocycles. The van der Waals surface area contributed by atoms with Gasteiger partial charge in [-0.1, -0.05) is 32.0 Å². The first-order chi connectivity index (χ1) is 7.11. The van der Waals surface area contributed by atoms with Crippen molar-refractivity contribution in [1.82, 2.24) is 0 Å². The van der Waals surface area contributed by atoms with Gasteiger partial charge in [0.2, 0.25) is 5.91 Å². The predicted octanol–water partition coefficient (Wildman–Crippen LogP) is 2.68. The number of hydrogen-bond acceptors (Lipinski definition) is 2. The maximum Gasteiger partial charge on any atom is 0.244 e. The Morgan fingerprint density at radius 1 is 1.33 bits per heavy atom. The largest absolute Gasteiger partial charge is 0.273 e. The highest BCUT2D eigenvalue weighted by Gasteiger charge is 2.08. The highest BCUT2D eigenvalue weighted by Crippen LogP contribution is 2.13. The minimum Gasteiger partial charge on any atom is -0.273 e. The summed E-state index contributed by atoms with van der Waals surface area (Å²) >= 11 is 0. The van der Waals surface area contributed by atoms with Crippen molar-refractivity contribution in [2.75, 3.05) is 5.01 Å². The van der Waals surface area contributed by atoms with E-state index in [1.54, 1.807) is 6.21 Å². The van der Waals surface area contributed by atoms with Gasteiger partial charge >= 0.3 is 0 Å². The average Bonchev–Trinajstić information content (AvgIpc) is 2.18. The lowest BCUT2D eigenvalue weighted by molar-refractivity contribution is -0.116. The second kappa shape index (κ2) is 5.29. The zero-order valence-corrected chi connectivity index (χ0v) is 9.34. The molecule has 0 unspecified atom stereocenters. The van der Waals surface area contributed by atoms with E-state index in [0.717, 1.165) is 5.69 Å². The van der Waals surface area contributed by atoms with Gasteiger partial charge in [0.05, 0.1) is 5.69 Å². The van der Waals surface area contributed by atoms with Crippen LogP contribution in [0.1, 0.15) is 20.8 Å². The monoisotopic (exact) mass is 204 g/mol. The third kappa shape index (κ3) is 3.54. The molecular weight excluding hydrogens is 188 g/mol. The number of hydrogen-bond donors (Lipinski definition) is 0. The van der Waals surface area contributed by atoms with Crippen LogP contribution >= 0.6 is 0 Å². The van der Waals surface area contributed by atoms with Crippen LogP contribution in [0.3, 0.4) is 0 Å². The van der Waals surface area contributed by atoms with Crippen molar-refractivity contribution in [1.29, 1.82) is 0 Å². The van der Waals surface area contributed by atoms with E-state index < -0.39 is 0 Å². The molecule has 1 amide bonds. The fourth-order valence-electron chi connectivity index (χ4n) is 1.10. The Morgan fingerprint density at radius 3 is 2.40 bits per heavy atom. The van der Waals surface area contributed by atoms with Crippen LogP contribution in [0.4, 0.5) is 5.69 Å². The SMILES string of the molecule is CC(=O)N(/N=C/C(C)C)c1ccccc1. The van der Waals surface area contributed by atoms with Crippen LogP contribution in [0, 0.1) is 5.92 Å². The van der Waals surface area contributed by atoms with Crippen molar-refractivity contribution in [3.63, 3.8) is 0 Å². The summed E-state index contributed by atoms with van der Waals surface area (Å²) in [5, 5.41) is 5.55. The molecule has 0 aliphatic heterocycles. The number of benzene rings is 1. The molecule has 0 aliphatic rings. The molecule has 0 bridgehead atoms. The summed E-state index contributed by atoms with van der Waals surface area (Å²) in [4.78, 5) is 11.4. The van der Waals surface area contributed by atoms with Gasteiger partial charge in [0, 0.05) is 13.1 Å². The third-order valence-corrected chi connectivity index (χ3v) is 1.78. The van der Waals surface area contributed by atoms with E-state index in [2.05, 4.69) is 5.10 Å². The molecule has 1 aromatic carbocycles. The first kappa shape index (κ1) is 11.4. The van der Waals surface area contributed by atoms with Crippen molar-refractivity contribution in [2.45, 2.75) is 20.8 Å². The van der Waals surface area contributed by atoms with Crippen molar-refractivity contribution in [3.05, 3.63) is 30.3 Å². The van der Waals surface area contributed by atoms with Crippen LogP contribution in [-0.2, 0) is 4.79 Å². The van der Waals surface area contributed by atoms with E-state index in [-0.39, 0.29) is 5.91 Å². The molecular formula is C12H16N2O. The zero-order valence-electron chi connectivity index (χ0n) is 9.34. The maximum absolute atomic E-state index is 11.4. The van der Waals surface area contributed by atoms with Crippen LogP contribution in [0.25, 0.3) is 0 Å². The van der Waals surface area contributed by atoms with Gasteiger partial charge in [-0.15, -0.1) is 0 Å². The minimum absolute atomic E-state index is 0.0851. The number of amides is 1. The number of hydrazone groups is 1. The molecule has 0 aromatic heterocycles. The Kier molecular flexibility index (Phi) is 4.03. The van der Waals surface area contributed by atoms with Crippen molar-refractivity contribution in [2.24, 2.45) is 11.0 Å². The Hall–Kier alpha value is -1.64. The summed E-state index contributed by atoms with van der Waals surface area (Å²) in [6.45, 7) is 5.55. The Bertz CT molecular complexity index is 344. The summed E-state index contributed by atoms with van der Waals surface area (Å²) < 4.78 is 0. The molecule has 3 nitrogen and oxygen atoms in total. The molecule has 0 aliphatic carbocycles. The molecule has 0 spiro atoms. The second-order valence-electron chi connectivity index (χ2n) is 3.67. The van der Waals surface area contributed by atoms with E-state index in [0.29, 0.717) is 5.92 Å². The normalized spacial score (nSPS) is 10.9. The number of rotatable bonds is 3. The lowest BCUT2D eigenvalue weighted by Gasteiger charge is -2.14. The number of para-hydroxylation sites is 1. The van der Waals surface area contributed by atoms with Gasteiger partial charge in [0.25, 0.3) is 0 Å². The van der Waals surface area contributed by atoms with Gasteiger partial charge in [-0.05, 0) is 18.1 Å². The first-order valence-corrected chi connectivity index (χ1v) is 5.01. The number of carbonyl (C=O) groups excluding carboxylic acids is 1. The minimum atomic E-state index is -0.0851. The van der Waals surface area contributed by atoms with Crippen LogP contribution in [-0.4, -0.2) is 12.1 Å². The Morgan fingerprint density at radius 2 is 1.93 bits per heavy atom. The summed E-state index contributed by atoms with van der Waals surface area (Å²) in [5.74, 6) is 0.244. The molecule has 0 N–H and O–H groups in total. The molecule has 0 atom stereocenters. The Balaban J connectivity index is 2.89. The molecule has 0 radical (unpaired) electrons. The number of anilines is 1. The van der Waals surface area contributed by atoms with Crippen LogP contribution < -0.4 is 5.01 Å². The quantitative estimate of drug-likeness (QED) is 0.550. The molecule has 0 heterocycles. The lowest BCUT2D eigenvalue weighted by Crippen LogP contribution is -2.22. The van der Waals surface area contributed by atoms with Gasteiger partial charge in [0.15, 0.2) is 0 Å². The van der Waals surface area contributed by atoms with Gasteiger partial charge in [-0.2, -0.15) is 5.10 Å². The molecule has 1 aromatic rings. The topological polar surface area (TPSA) is 32.7 Å². The van der Waals surface area contributed by atoms with Crippen LogP contribution in [0.2, 0.25) is 0 Å². The molecule has 1 rings (SSSR count). The summed E-state index contributed by atoms with van der Waals surface area (Å²) in [5.41, 5.74) is 0.793. The van der Waals surface area contributed by atoms with Gasteiger partial charge in [0.1, 0.15) is 0 Å². The van der Waals surface area contributed by atoms with E-state index >= 15 is 0 Å². The molecule has 0 saturated heterocycles. The van der Waals surface area contributed by atoms with Gasteiger partial charge in [-0.25, -0.2) is 5.01 Å². The molecule has 0 fully saturated rings. The average molecular weight is 204 g/mol. The standard InChI is InChI=1S/C12H16N2O/c1-10(2)9-13-14(11(3)15)12-7-5-4-6-8-12/h4-10H,1-3H3/b13-9+. The molecule has 15 heavy (non-hydrogen) atoms. The summed E-state index contributed by atoms with van der Waals surface area (Å²) in [7, 11) is 0. The van der Waals surface area contributed by atoms with Crippen molar-refractivity contribution >= 4 is 17.8 Å². The van der Waals surface area contributed by atoms with Gasteiger partial charge < -0.3 is 0 Å². The summed E-state index contributed by atoms with van der Waals surface area (Å²) in [6, 6.07) is 9.40. The highest BCUT2D eigenvalue weighted by atomic mass is 16.2. The second-order valence-corrected chi connectivity index (χ2v) is 3.67. The lowest BCUT2D eigenvalue weighted by atomic mass is 10.2. The fraction of sp³-hybridized carbons (Fsp3) is 0.333. The zero-order chi connectivity index (χ0) is 11.3. The number of nitrogens with zero attached hydrogens (tertiary/aromatic N) is 2.